The minimum Gasteiger partial charge on any atom is -0.395 e. The van der Waals surface area contributed by atoms with Gasteiger partial charge in [-0.3, -0.25) is 9.79 Å². The summed E-state index contributed by atoms with van der Waals surface area (Å²) < 4.78 is 0. The highest BCUT2D eigenvalue weighted by Crippen LogP contribution is 2.52. The first-order chi connectivity index (χ1) is 17.3. The summed E-state index contributed by atoms with van der Waals surface area (Å²) in [6.45, 7) is 15.1. The number of aliphatic imine (C=N–C) groups is 1. The van der Waals surface area contributed by atoms with Crippen molar-refractivity contribution >= 4 is 12.1 Å². The van der Waals surface area contributed by atoms with Gasteiger partial charge in [-0.2, -0.15) is 0 Å². The van der Waals surface area contributed by atoms with E-state index in [1.807, 2.05) is 38.3 Å². The fraction of sp³-hybridized carbons (Fsp3) is 0.438. The number of amides is 1. The Morgan fingerprint density at radius 3 is 2.53 bits per heavy atom. The molecule has 2 fully saturated rings. The van der Waals surface area contributed by atoms with Gasteiger partial charge in [-0.25, -0.2) is 0 Å². The number of nitrogens with zero attached hydrogens (tertiary/aromatic N) is 2. The lowest BCUT2D eigenvalue weighted by Gasteiger charge is -2.21. The summed E-state index contributed by atoms with van der Waals surface area (Å²) in [5.41, 5.74) is 7.29. The average Bonchev–Trinajstić information content (AvgIpc) is 3.78. The molecule has 0 bridgehead atoms. The summed E-state index contributed by atoms with van der Waals surface area (Å²) in [6.07, 6.45) is 16.9. The van der Waals surface area contributed by atoms with Gasteiger partial charge in [0.25, 0.3) is 5.91 Å². The lowest BCUT2D eigenvalue weighted by Crippen LogP contribution is -2.29. The number of carbonyl (C=O) groups is 1. The van der Waals surface area contributed by atoms with Crippen molar-refractivity contribution in [3.8, 4) is 0 Å². The Labute approximate surface area is 217 Å². The third kappa shape index (κ3) is 6.82. The van der Waals surface area contributed by atoms with Crippen LogP contribution in [0.25, 0.3) is 0 Å². The zero-order chi connectivity index (χ0) is 26.3. The normalized spacial score (nSPS) is 17.6. The van der Waals surface area contributed by atoms with Gasteiger partial charge in [0.2, 0.25) is 0 Å². The molecule has 2 saturated carbocycles. The Balaban J connectivity index is 1.80. The van der Waals surface area contributed by atoms with Gasteiger partial charge in [0.1, 0.15) is 0 Å². The van der Waals surface area contributed by atoms with Gasteiger partial charge in [0.05, 0.1) is 6.61 Å². The lowest BCUT2D eigenvalue weighted by molar-refractivity contribution is 0.0767. The number of carbonyl (C=O) groups excluding carboxylic acids is 1. The van der Waals surface area contributed by atoms with Gasteiger partial charge in [0.15, 0.2) is 0 Å². The molecule has 0 aliphatic heterocycles. The van der Waals surface area contributed by atoms with E-state index in [0.29, 0.717) is 24.4 Å². The summed E-state index contributed by atoms with van der Waals surface area (Å²) in [6, 6.07) is 6.04. The van der Waals surface area contributed by atoms with Gasteiger partial charge in [-0.1, -0.05) is 50.5 Å². The second kappa shape index (κ2) is 12.3. The molecule has 0 aromatic heterocycles. The largest absolute Gasteiger partial charge is 0.395 e. The molecule has 2 aliphatic carbocycles. The number of hydrogen-bond donors (Lipinski definition) is 1. The first-order valence-electron chi connectivity index (χ1n) is 13.2. The van der Waals surface area contributed by atoms with E-state index in [2.05, 4.69) is 44.4 Å². The van der Waals surface area contributed by atoms with Crippen LogP contribution in [-0.2, 0) is 11.8 Å². The molecule has 1 amide bonds. The predicted molar refractivity (Wildman–Crippen MR) is 152 cm³/mol. The third-order valence-corrected chi connectivity index (χ3v) is 7.45. The summed E-state index contributed by atoms with van der Waals surface area (Å²) in [5, 5.41) is 9.23. The molecule has 4 nitrogen and oxygen atoms in total. The monoisotopic (exact) mass is 486 g/mol. The number of likely N-dealkylation sites (N-methyl/N-ethyl adjacent to an activating group) is 1. The van der Waals surface area contributed by atoms with Gasteiger partial charge < -0.3 is 10.0 Å². The van der Waals surface area contributed by atoms with E-state index in [0.717, 1.165) is 28.8 Å². The predicted octanol–water partition coefficient (Wildman–Crippen LogP) is 6.73. The van der Waals surface area contributed by atoms with E-state index in [1.165, 1.54) is 36.8 Å². The van der Waals surface area contributed by atoms with Crippen molar-refractivity contribution in [1.82, 2.24) is 4.90 Å². The lowest BCUT2D eigenvalue weighted by atomic mass is 9.86. The first kappa shape index (κ1) is 27.6. The molecule has 4 heteroatoms. The maximum Gasteiger partial charge on any atom is 0.253 e. The van der Waals surface area contributed by atoms with Crippen molar-refractivity contribution < 1.29 is 9.90 Å². The van der Waals surface area contributed by atoms with Crippen LogP contribution < -0.4 is 0 Å². The number of aliphatic hydroxyl groups excluding tert-OH is 1. The van der Waals surface area contributed by atoms with Crippen LogP contribution in [0.5, 0.6) is 0 Å². The molecule has 3 rings (SSSR count). The van der Waals surface area contributed by atoms with E-state index in [-0.39, 0.29) is 17.9 Å². The van der Waals surface area contributed by atoms with Crippen LogP contribution in [0.2, 0.25) is 0 Å². The number of rotatable bonds is 13. The molecular weight excluding hydrogens is 444 g/mol. The van der Waals surface area contributed by atoms with Crippen molar-refractivity contribution in [2.24, 2.45) is 10.9 Å². The molecule has 0 unspecified atom stereocenters. The zero-order valence-electron chi connectivity index (χ0n) is 22.5. The van der Waals surface area contributed by atoms with Crippen molar-refractivity contribution in [3.05, 3.63) is 94.8 Å². The number of allylic oxidation sites excluding steroid dienone is 8. The smallest absolute Gasteiger partial charge is 0.253 e. The van der Waals surface area contributed by atoms with Crippen LogP contribution in [0.15, 0.2) is 83.1 Å². The van der Waals surface area contributed by atoms with E-state index in [1.54, 1.807) is 11.9 Å². The molecule has 0 spiro atoms. The molecule has 1 aromatic rings. The van der Waals surface area contributed by atoms with E-state index in [9.17, 15) is 9.90 Å². The van der Waals surface area contributed by atoms with Gasteiger partial charge in [0, 0.05) is 37.5 Å². The maximum atomic E-state index is 12.9. The van der Waals surface area contributed by atoms with Crippen LogP contribution >= 0.6 is 0 Å². The first-order valence-corrected chi connectivity index (χ1v) is 13.2. The molecule has 192 valence electrons. The van der Waals surface area contributed by atoms with Gasteiger partial charge in [-0.15, -0.1) is 0 Å². The van der Waals surface area contributed by atoms with Crippen molar-refractivity contribution in [2.45, 2.75) is 64.7 Å². The molecule has 0 atom stereocenters. The third-order valence-electron chi connectivity index (χ3n) is 7.45. The molecule has 36 heavy (non-hydrogen) atoms. The standard InChI is InChI=1S/C32H42N2O2/c1-7-10-27(26-11-12-26)19-23(4)25(8-2)22-33-24(5)20-29-21-28(31(36)34(6)17-18-35)13-14-30(29)32(9-3)15-16-32/h7-8,10,13-14,19,21-22,26,35H,4-5,9,11-12,15-18,20H2,1-3,6H3/b10-7-,25-8+,27-19+,33-22-. The molecule has 0 radical (unpaired) electrons. The molecule has 2 aliphatic rings. The van der Waals surface area contributed by atoms with Gasteiger partial charge in [-0.05, 0) is 97.3 Å². The summed E-state index contributed by atoms with van der Waals surface area (Å²) in [5.74, 6) is 0.570. The number of benzene rings is 1. The summed E-state index contributed by atoms with van der Waals surface area (Å²) in [4.78, 5) is 19.1. The average molecular weight is 487 g/mol. The SMILES string of the molecule is C=C(Cc1cc(C(=O)N(C)CCO)ccc1C1(CC)CC1)/N=C\C(=C/C)C(=C)/C=C(\C=C/C)C1CC1. The van der Waals surface area contributed by atoms with Crippen LogP contribution in [0.1, 0.15) is 74.4 Å². The topological polar surface area (TPSA) is 52.9 Å². The minimum atomic E-state index is -0.0841. The number of aliphatic hydroxyl groups is 1. The van der Waals surface area contributed by atoms with E-state index in [4.69, 9.17) is 4.99 Å². The Kier molecular flexibility index (Phi) is 9.44. The van der Waals surface area contributed by atoms with Crippen LogP contribution in [0.3, 0.4) is 0 Å². The second-order valence-electron chi connectivity index (χ2n) is 10.1. The minimum absolute atomic E-state index is 0.0533. The fourth-order valence-electron chi connectivity index (χ4n) is 4.79. The van der Waals surface area contributed by atoms with Crippen LogP contribution in [0.4, 0.5) is 0 Å². The highest BCUT2D eigenvalue weighted by Gasteiger charge is 2.43. The van der Waals surface area contributed by atoms with E-state index < -0.39 is 0 Å². The quantitative estimate of drug-likeness (QED) is 0.248. The van der Waals surface area contributed by atoms with E-state index >= 15 is 0 Å². The summed E-state index contributed by atoms with van der Waals surface area (Å²) >= 11 is 0. The Hall–Kier alpha value is -2.98. The highest BCUT2D eigenvalue weighted by atomic mass is 16.3. The molecular formula is C32H42N2O2. The zero-order valence-corrected chi connectivity index (χ0v) is 22.5. The van der Waals surface area contributed by atoms with Gasteiger partial charge >= 0.3 is 0 Å². The Bertz CT molecular complexity index is 1110. The molecule has 1 N–H and O–H groups in total. The number of hydrogen-bond acceptors (Lipinski definition) is 3. The molecule has 1 aromatic carbocycles. The Morgan fingerprint density at radius 1 is 1.25 bits per heavy atom. The highest BCUT2D eigenvalue weighted by molar-refractivity contribution is 5.94. The molecule has 0 saturated heterocycles. The second-order valence-corrected chi connectivity index (χ2v) is 10.1. The van der Waals surface area contributed by atoms with Crippen molar-refractivity contribution in [2.75, 3.05) is 20.2 Å². The van der Waals surface area contributed by atoms with Crippen LogP contribution in [0, 0.1) is 5.92 Å². The maximum absolute atomic E-state index is 12.9. The summed E-state index contributed by atoms with van der Waals surface area (Å²) in [7, 11) is 1.72. The molecule has 0 heterocycles. The Morgan fingerprint density at radius 2 is 1.97 bits per heavy atom. The fourth-order valence-corrected chi connectivity index (χ4v) is 4.79. The van der Waals surface area contributed by atoms with Crippen LogP contribution in [-0.4, -0.2) is 42.3 Å². The van der Waals surface area contributed by atoms with Crippen molar-refractivity contribution in [3.63, 3.8) is 0 Å². The van der Waals surface area contributed by atoms with Crippen molar-refractivity contribution in [1.29, 1.82) is 0 Å².